The summed E-state index contributed by atoms with van der Waals surface area (Å²) in [4.78, 5) is 13.7. The molecule has 78 valence electrons. The Morgan fingerprint density at radius 2 is 1.73 bits per heavy atom. The van der Waals surface area contributed by atoms with Gasteiger partial charge in [-0.15, -0.1) is 11.3 Å². The van der Waals surface area contributed by atoms with Crippen LogP contribution in [0.15, 0.2) is 24.1 Å². The molecule has 0 unspecified atom stereocenters. The summed E-state index contributed by atoms with van der Waals surface area (Å²) in [7, 11) is 0. The molecule has 0 spiro atoms. The van der Waals surface area contributed by atoms with Gasteiger partial charge in [-0.1, -0.05) is 20.8 Å². The highest BCUT2D eigenvalue weighted by molar-refractivity contribution is 7.13. The van der Waals surface area contributed by atoms with Crippen molar-refractivity contribution in [1.82, 2.24) is 15.0 Å². The quantitative estimate of drug-likeness (QED) is 0.740. The lowest BCUT2D eigenvalue weighted by atomic mass is 9.89. The molecule has 0 saturated heterocycles. The molecule has 2 rings (SSSR count). The number of aromatic nitrogens is 3. The Kier molecular flexibility index (Phi) is 2.52. The summed E-state index contributed by atoms with van der Waals surface area (Å²) in [6, 6.07) is 0. The predicted octanol–water partition coefficient (Wildman–Crippen LogP) is 2.90. The van der Waals surface area contributed by atoms with Gasteiger partial charge in [0.15, 0.2) is 5.82 Å². The Balaban J connectivity index is 2.33. The number of thiazole rings is 1. The van der Waals surface area contributed by atoms with E-state index in [1.807, 2.05) is 12.4 Å². The van der Waals surface area contributed by atoms with Gasteiger partial charge in [-0.05, 0) is 11.0 Å². The molecular formula is C11H13N3S. The maximum absolute atomic E-state index is 4.35. The van der Waals surface area contributed by atoms with E-state index >= 15 is 0 Å². The van der Waals surface area contributed by atoms with E-state index in [-0.39, 0.29) is 5.41 Å². The molecule has 2 heterocycles. The second kappa shape index (κ2) is 3.70. The highest BCUT2D eigenvalue weighted by Crippen LogP contribution is 2.23. The van der Waals surface area contributed by atoms with Crippen LogP contribution >= 0.6 is 11.3 Å². The van der Waals surface area contributed by atoms with Gasteiger partial charge in [0, 0.05) is 18.6 Å². The topological polar surface area (TPSA) is 38.7 Å². The van der Waals surface area contributed by atoms with Crippen molar-refractivity contribution in [3.05, 3.63) is 29.7 Å². The van der Waals surface area contributed by atoms with Gasteiger partial charge in [0.1, 0.15) is 0 Å². The third-order valence-corrected chi connectivity index (χ3v) is 2.94. The molecule has 0 aromatic carbocycles. The molecule has 3 nitrogen and oxygen atoms in total. The maximum Gasteiger partial charge on any atom is 0.171 e. The molecule has 2 aromatic rings. The molecular weight excluding hydrogens is 206 g/mol. The molecule has 0 aliphatic rings. The second-order valence-electron chi connectivity index (χ2n) is 4.41. The van der Waals surface area contributed by atoms with E-state index in [9.17, 15) is 0 Å². The minimum atomic E-state index is 0.103. The normalized spacial score (nSPS) is 11.7. The van der Waals surface area contributed by atoms with Crippen LogP contribution in [0, 0.1) is 0 Å². The van der Waals surface area contributed by atoms with Crippen LogP contribution in [0.2, 0.25) is 0 Å². The summed E-state index contributed by atoms with van der Waals surface area (Å²) < 4.78 is 0. The number of nitrogens with zero attached hydrogens (tertiary/aromatic N) is 3. The van der Waals surface area contributed by atoms with Crippen molar-refractivity contribution >= 4 is 11.3 Å². The first-order valence-electron chi connectivity index (χ1n) is 4.79. The van der Waals surface area contributed by atoms with Crippen molar-refractivity contribution in [2.45, 2.75) is 26.2 Å². The van der Waals surface area contributed by atoms with Gasteiger partial charge < -0.3 is 0 Å². The lowest BCUT2D eigenvalue weighted by Crippen LogP contribution is -2.12. The zero-order valence-electron chi connectivity index (χ0n) is 9.06. The van der Waals surface area contributed by atoms with E-state index in [2.05, 4.69) is 35.7 Å². The zero-order valence-corrected chi connectivity index (χ0v) is 9.88. The Labute approximate surface area is 93.2 Å². The summed E-state index contributed by atoms with van der Waals surface area (Å²) in [6.07, 6.45) is 5.57. The SMILES string of the molecule is CC(C)(C)c1cnc(-c2cncs2)nc1. The third kappa shape index (κ3) is 2.21. The minimum Gasteiger partial charge on any atom is -0.252 e. The Morgan fingerprint density at radius 1 is 1.07 bits per heavy atom. The minimum absolute atomic E-state index is 0.103. The third-order valence-electron chi connectivity index (χ3n) is 2.17. The van der Waals surface area contributed by atoms with Crippen LogP contribution < -0.4 is 0 Å². The van der Waals surface area contributed by atoms with Crippen molar-refractivity contribution in [3.63, 3.8) is 0 Å². The number of rotatable bonds is 1. The molecule has 0 amide bonds. The molecule has 15 heavy (non-hydrogen) atoms. The van der Waals surface area contributed by atoms with Gasteiger partial charge in [0.25, 0.3) is 0 Å². The summed E-state index contributed by atoms with van der Waals surface area (Å²) in [6.45, 7) is 6.45. The van der Waals surface area contributed by atoms with Crippen LogP contribution in [0.1, 0.15) is 26.3 Å². The van der Waals surface area contributed by atoms with E-state index in [1.54, 1.807) is 23.0 Å². The molecule has 0 radical (unpaired) electrons. The highest BCUT2D eigenvalue weighted by atomic mass is 32.1. The van der Waals surface area contributed by atoms with Crippen LogP contribution in [-0.2, 0) is 5.41 Å². The maximum atomic E-state index is 4.35. The summed E-state index contributed by atoms with van der Waals surface area (Å²) >= 11 is 1.55. The molecule has 0 saturated carbocycles. The van der Waals surface area contributed by atoms with Gasteiger partial charge in [0.2, 0.25) is 0 Å². The Hall–Kier alpha value is -1.29. The van der Waals surface area contributed by atoms with E-state index in [4.69, 9.17) is 0 Å². The van der Waals surface area contributed by atoms with Gasteiger partial charge in [-0.2, -0.15) is 0 Å². The standard InChI is InChI=1S/C11H13N3S/c1-11(2,3)8-4-13-10(14-5-8)9-6-12-7-15-9/h4-7H,1-3H3. The van der Waals surface area contributed by atoms with Crippen LogP contribution in [0.4, 0.5) is 0 Å². The average Bonchev–Trinajstić information content (AvgIpc) is 2.69. The molecule has 4 heteroatoms. The fraction of sp³-hybridized carbons (Fsp3) is 0.364. The van der Waals surface area contributed by atoms with E-state index in [0.29, 0.717) is 0 Å². The molecule has 0 aliphatic carbocycles. The Morgan fingerprint density at radius 3 is 2.20 bits per heavy atom. The van der Waals surface area contributed by atoms with Crippen molar-refractivity contribution in [2.24, 2.45) is 0 Å². The second-order valence-corrected chi connectivity index (χ2v) is 5.30. The fourth-order valence-corrected chi connectivity index (χ4v) is 1.74. The summed E-state index contributed by atoms with van der Waals surface area (Å²) in [5, 5.41) is 0. The van der Waals surface area contributed by atoms with Crippen LogP contribution in [0.3, 0.4) is 0 Å². The smallest absolute Gasteiger partial charge is 0.171 e. The molecule has 0 atom stereocenters. The van der Waals surface area contributed by atoms with Gasteiger partial charge in [0.05, 0.1) is 10.4 Å². The van der Waals surface area contributed by atoms with E-state index in [0.717, 1.165) is 16.3 Å². The monoisotopic (exact) mass is 219 g/mol. The first-order valence-corrected chi connectivity index (χ1v) is 5.67. The largest absolute Gasteiger partial charge is 0.252 e. The van der Waals surface area contributed by atoms with E-state index in [1.165, 1.54) is 0 Å². The van der Waals surface area contributed by atoms with Crippen molar-refractivity contribution in [1.29, 1.82) is 0 Å². The van der Waals surface area contributed by atoms with E-state index < -0.39 is 0 Å². The molecule has 0 bridgehead atoms. The molecule has 0 aliphatic heterocycles. The van der Waals surface area contributed by atoms with Crippen LogP contribution in [0.5, 0.6) is 0 Å². The average molecular weight is 219 g/mol. The molecule has 0 N–H and O–H groups in total. The van der Waals surface area contributed by atoms with Crippen LogP contribution in [0.25, 0.3) is 10.7 Å². The lowest BCUT2D eigenvalue weighted by Gasteiger charge is -2.17. The van der Waals surface area contributed by atoms with Crippen molar-refractivity contribution in [2.75, 3.05) is 0 Å². The van der Waals surface area contributed by atoms with Gasteiger partial charge in [-0.25, -0.2) is 9.97 Å². The summed E-state index contributed by atoms with van der Waals surface area (Å²) in [5.74, 6) is 0.755. The predicted molar refractivity (Wildman–Crippen MR) is 61.8 cm³/mol. The van der Waals surface area contributed by atoms with Gasteiger partial charge >= 0.3 is 0 Å². The first kappa shape index (κ1) is 10.2. The number of hydrogen-bond acceptors (Lipinski definition) is 4. The molecule has 0 fully saturated rings. The van der Waals surface area contributed by atoms with Crippen molar-refractivity contribution in [3.8, 4) is 10.7 Å². The van der Waals surface area contributed by atoms with Gasteiger partial charge in [-0.3, -0.25) is 4.98 Å². The Bertz CT molecular complexity index is 426. The molecule has 2 aromatic heterocycles. The zero-order chi connectivity index (χ0) is 10.9. The van der Waals surface area contributed by atoms with Crippen LogP contribution in [-0.4, -0.2) is 15.0 Å². The fourth-order valence-electron chi connectivity index (χ4n) is 1.17. The highest BCUT2D eigenvalue weighted by Gasteiger charge is 2.14. The summed E-state index contributed by atoms with van der Waals surface area (Å²) in [5.41, 5.74) is 3.04. The van der Waals surface area contributed by atoms with Crippen molar-refractivity contribution < 1.29 is 0 Å². The first-order chi connectivity index (χ1) is 7.07. The number of hydrogen-bond donors (Lipinski definition) is 0. The lowest BCUT2D eigenvalue weighted by molar-refractivity contribution is 0.584.